The molecule has 19 heteroatoms. The second-order valence-corrected chi connectivity index (χ2v) is 35.3. The summed E-state index contributed by atoms with van der Waals surface area (Å²) in [5, 5.41) is 10.7. The normalized spacial score (nSPS) is 14.1. The summed E-state index contributed by atoms with van der Waals surface area (Å²) in [5.74, 6) is -0.445. The third-order valence-corrected chi connectivity index (χ3v) is 22.8. The third-order valence-electron chi connectivity index (χ3n) is 20.9. The predicted octanol–water partition coefficient (Wildman–Crippen LogP) is 27.3. The molecule has 0 aromatic carbocycles. The summed E-state index contributed by atoms with van der Waals surface area (Å²) in [6, 6.07) is 0. The first kappa shape index (κ1) is 107. The topological polar surface area (TPSA) is 237 Å². The van der Waals surface area contributed by atoms with E-state index >= 15 is 0 Å². The summed E-state index contributed by atoms with van der Waals surface area (Å²) in [4.78, 5) is 73.4. The van der Waals surface area contributed by atoms with Crippen molar-refractivity contribution >= 4 is 39.5 Å². The number of allylic oxidation sites excluding steroid dienone is 4. The first-order valence-corrected chi connectivity index (χ1v) is 48.8. The lowest BCUT2D eigenvalue weighted by Gasteiger charge is -2.21. The summed E-state index contributed by atoms with van der Waals surface area (Å²) in [5.41, 5.74) is 0. The Bertz CT molecular complexity index is 2180. The van der Waals surface area contributed by atoms with Gasteiger partial charge >= 0.3 is 39.5 Å². The number of phosphoric ester groups is 2. The number of hydrogen-bond donors (Lipinski definition) is 3. The molecule has 0 heterocycles. The van der Waals surface area contributed by atoms with Crippen LogP contribution in [0, 0.1) is 11.8 Å². The van der Waals surface area contributed by atoms with E-state index in [4.69, 9.17) is 37.0 Å². The van der Waals surface area contributed by atoms with Crippen LogP contribution in [-0.2, 0) is 65.4 Å². The highest BCUT2D eigenvalue weighted by Crippen LogP contribution is 2.45. The Balaban J connectivity index is 5.28. The van der Waals surface area contributed by atoms with Crippen molar-refractivity contribution in [3.63, 3.8) is 0 Å². The lowest BCUT2D eigenvalue weighted by molar-refractivity contribution is -0.161. The van der Waals surface area contributed by atoms with Crippen LogP contribution in [0.4, 0.5) is 0 Å². The minimum Gasteiger partial charge on any atom is -0.462 e. The maximum absolute atomic E-state index is 13.2. The Morgan fingerprint density at radius 2 is 0.541 bits per heavy atom. The standard InChI is InChI=1S/C90H172O17P2/c1-7-10-12-14-16-18-20-22-29-38-44-50-56-62-68-74-89(94)106-85(78-100-87(92)72-66-60-54-48-42-34-21-19-17-15-13-11-8-2)80-104-108(96,97)102-76-84(91)77-103-109(98,99)105-81-86(79-101-88(93)73-67-61-55-49-43-37-32-28-27-30-35-40-46-52-58-64-70-82(4)5)107-90(95)75-69-63-57-51-45-39-33-26-24-23-25-31-36-41-47-53-59-65-71-83(6)9-3/h18,20,22,29,82-86,91H,7-17,19,21,23-28,30-81H2,1-6H3,(H,96,97)(H,98,99)/b20-18-,29-22-/t83?,84-,85+,86+/m0/s1. The maximum Gasteiger partial charge on any atom is 0.472 e. The van der Waals surface area contributed by atoms with Crippen molar-refractivity contribution in [1.29, 1.82) is 0 Å². The predicted molar refractivity (Wildman–Crippen MR) is 451 cm³/mol. The Morgan fingerprint density at radius 1 is 0.303 bits per heavy atom. The molecule has 0 aliphatic heterocycles. The summed E-state index contributed by atoms with van der Waals surface area (Å²) < 4.78 is 69.0. The number of rotatable bonds is 87. The van der Waals surface area contributed by atoms with Crippen molar-refractivity contribution in [2.75, 3.05) is 39.6 Å². The molecular formula is C90H172O17P2. The van der Waals surface area contributed by atoms with Crippen molar-refractivity contribution in [2.45, 2.75) is 477 Å². The molecule has 6 atom stereocenters. The monoisotopic (exact) mass is 1590 g/mol. The highest BCUT2D eigenvalue weighted by Gasteiger charge is 2.30. The van der Waals surface area contributed by atoms with E-state index in [1.165, 1.54) is 263 Å². The van der Waals surface area contributed by atoms with E-state index in [1.54, 1.807) is 0 Å². The van der Waals surface area contributed by atoms with Crippen LogP contribution in [0.1, 0.15) is 459 Å². The molecule has 17 nitrogen and oxygen atoms in total. The fourth-order valence-electron chi connectivity index (χ4n) is 13.6. The lowest BCUT2D eigenvalue weighted by Crippen LogP contribution is -2.30. The molecule has 0 radical (unpaired) electrons. The van der Waals surface area contributed by atoms with Crippen LogP contribution < -0.4 is 0 Å². The van der Waals surface area contributed by atoms with Crippen molar-refractivity contribution in [1.82, 2.24) is 0 Å². The van der Waals surface area contributed by atoms with Gasteiger partial charge in [-0.1, -0.05) is 406 Å². The molecule has 644 valence electrons. The number of aliphatic hydroxyl groups excluding tert-OH is 1. The molecule has 0 saturated heterocycles. The zero-order valence-electron chi connectivity index (χ0n) is 71.4. The molecule has 0 aliphatic carbocycles. The second kappa shape index (κ2) is 80.7. The zero-order chi connectivity index (χ0) is 79.9. The quantitative estimate of drug-likeness (QED) is 0.0169. The van der Waals surface area contributed by atoms with Crippen LogP contribution in [0.25, 0.3) is 0 Å². The minimum atomic E-state index is -4.97. The summed E-state index contributed by atoms with van der Waals surface area (Å²) >= 11 is 0. The molecule has 109 heavy (non-hydrogen) atoms. The average Bonchev–Trinajstić information content (AvgIpc) is 0.899. The van der Waals surface area contributed by atoms with Gasteiger partial charge in [-0.15, -0.1) is 0 Å². The fraction of sp³-hybridized carbons (Fsp3) is 0.911. The molecule has 0 amide bonds. The second-order valence-electron chi connectivity index (χ2n) is 32.4. The van der Waals surface area contributed by atoms with E-state index in [0.717, 1.165) is 115 Å². The van der Waals surface area contributed by atoms with E-state index in [-0.39, 0.29) is 25.7 Å². The van der Waals surface area contributed by atoms with Gasteiger partial charge in [0.15, 0.2) is 12.2 Å². The van der Waals surface area contributed by atoms with Crippen LogP contribution in [0.5, 0.6) is 0 Å². The SMILES string of the molecule is CCCCCC/C=C\C=C/CCCCCCCC(=O)O[C@H](COC(=O)CCCCCCCCCCCCCCC)COP(=O)(O)OC[C@H](O)COP(=O)(O)OC[C@@H](COC(=O)CCCCCCCCCCCCCCCCCCC(C)C)OC(=O)CCCCCCCCCCCCCCCCCCCCC(C)CC. The molecule has 0 rings (SSSR count). The molecule has 0 bridgehead atoms. The number of carbonyl (C=O) groups is 4. The molecule has 0 aromatic rings. The van der Waals surface area contributed by atoms with Crippen LogP contribution in [0.2, 0.25) is 0 Å². The Labute approximate surface area is 669 Å². The van der Waals surface area contributed by atoms with Gasteiger partial charge in [0.05, 0.1) is 26.4 Å². The number of ether oxygens (including phenoxy) is 4. The number of phosphoric acid groups is 2. The van der Waals surface area contributed by atoms with Gasteiger partial charge in [0.1, 0.15) is 19.3 Å². The van der Waals surface area contributed by atoms with Gasteiger partial charge in [-0.25, -0.2) is 9.13 Å². The Kier molecular flexibility index (Phi) is 78.9. The number of hydrogen-bond acceptors (Lipinski definition) is 15. The number of esters is 4. The first-order chi connectivity index (χ1) is 52.9. The van der Waals surface area contributed by atoms with Crippen LogP contribution in [0.3, 0.4) is 0 Å². The summed E-state index contributed by atoms with van der Waals surface area (Å²) in [6.07, 6.45) is 77.1. The van der Waals surface area contributed by atoms with Gasteiger partial charge in [0.25, 0.3) is 0 Å². The molecule has 0 fully saturated rings. The number of unbranched alkanes of at least 4 members (excludes halogenated alkanes) is 53. The third kappa shape index (κ3) is 81.9. The largest absolute Gasteiger partial charge is 0.472 e. The van der Waals surface area contributed by atoms with Gasteiger partial charge in [-0.05, 0) is 63.2 Å². The average molecular weight is 1590 g/mol. The number of carbonyl (C=O) groups excluding carboxylic acids is 4. The summed E-state index contributed by atoms with van der Waals surface area (Å²) in [7, 11) is -9.95. The maximum atomic E-state index is 13.2. The van der Waals surface area contributed by atoms with Crippen LogP contribution in [0.15, 0.2) is 24.3 Å². The van der Waals surface area contributed by atoms with Crippen LogP contribution >= 0.6 is 15.6 Å². The highest BCUT2D eigenvalue weighted by atomic mass is 31.2. The smallest absolute Gasteiger partial charge is 0.462 e. The van der Waals surface area contributed by atoms with E-state index in [2.05, 4.69) is 65.8 Å². The fourth-order valence-corrected chi connectivity index (χ4v) is 15.1. The summed E-state index contributed by atoms with van der Waals surface area (Å²) in [6.45, 7) is 9.73. The first-order valence-electron chi connectivity index (χ1n) is 45.8. The Hall–Kier alpha value is -2.46. The highest BCUT2D eigenvalue weighted by molar-refractivity contribution is 7.47. The van der Waals surface area contributed by atoms with Gasteiger partial charge in [0, 0.05) is 25.7 Å². The molecule has 0 saturated carbocycles. The molecule has 3 unspecified atom stereocenters. The molecule has 0 aliphatic rings. The van der Waals surface area contributed by atoms with E-state index in [1.807, 2.05) is 0 Å². The van der Waals surface area contributed by atoms with Crippen molar-refractivity contribution < 1.29 is 80.2 Å². The lowest BCUT2D eigenvalue weighted by atomic mass is 9.99. The van der Waals surface area contributed by atoms with Gasteiger partial charge in [-0.2, -0.15) is 0 Å². The van der Waals surface area contributed by atoms with Crippen LogP contribution in [-0.4, -0.2) is 96.7 Å². The van der Waals surface area contributed by atoms with E-state index < -0.39 is 97.5 Å². The molecule has 0 aromatic heterocycles. The van der Waals surface area contributed by atoms with E-state index in [9.17, 15) is 43.2 Å². The van der Waals surface area contributed by atoms with E-state index in [0.29, 0.717) is 25.7 Å². The van der Waals surface area contributed by atoms with Crippen molar-refractivity contribution in [3.8, 4) is 0 Å². The van der Waals surface area contributed by atoms with Gasteiger partial charge in [0.2, 0.25) is 0 Å². The molecule has 0 spiro atoms. The van der Waals surface area contributed by atoms with Gasteiger partial charge < -0.3 is 33.8 Å². The van der Waals surface area contributed by atoms with Crippen molar-refractivity contribution in [3.05, 3.63) is 24.3 Å². The Morgan fingerprint density at radius 3 is 0.826 bits per heavy atom. The molecular weight excluding hydrogens is 1410 g/mol. The van der Waals surface area contributed by atoms with Gasteiger partial charge in [-0.3, -0.25) is 37.3 Å². The van der Waals surface area contributed by atoms with Crippen molar-refractivity contribution in [2.24, 2.45) is 11.8 Å². The molecule has 3 N–H and O–H groups in total. The zero-order valence-corrected chi connectivity index (χ0v) is 73.1. The number of aliphatic hydroxyl groups is 1. The minimum absolute atomic E-state index is 0.0858.